The van der Waals surface area contributed by atoms with Crippen molar-refractivity contribution in [1.29, 1.82) is 0 Å². The van der Waals surface area contributed by atoms with E-state index in [2.05, 4.69) is 5.16 Å². The molecule has 0 N–H and O–H groups in total. The molecule has 4 rings (SSSR count). The highest BCUT2D eigenvalue weighted by Crippen LogP contribution is 2.31. The highest BCUT2D eigenvalue weighted by Gasteiger charge is 2.29. The quantitative estimate of drug-likeness (QED) is 0.703. The molecule has 0 spiro atoms. The predicted molar refractivity (Wildman–Crippen MR) is 88.8 cm³/mol. The lowest BCUT2D eigenvalue weighted by Gasteiger charge is -2.25. The maximum Gasteiger partial charge on any atom is 0.289 e. The molecule has 1 aromatic carbocycles. The first-order valence-corrected chi connectivity index (χ1v) is 8.08. The minimum absolute atomic E-state index is 0.114. The lowest BCUT2D eigenvalue weighted by Crippen LogP contribution is -2.35. The lowest BCUT2D eigenvalue weighted by molar-refractivity contribution is 0.0701. The lowest BCUT2D eigenvalue weighted by atomic mass is 10.0. The number of fused-ring (bicyclic) bond motifs is 1. The summed E-state index contributed by atoms with van der Waals surface area (Å²) in [6.45, 7) is 2.87. The van der Waals surface area contributed by atoms with Gasteiger partial charge in [0.15, 0.2) is 11.5 Å². The number of hydrogen-bond donors (Lipinski definition) is 0. The molecule has 0 atom stereocenters. The number of carbonyl (C=O) groups is 1. The molecule has 0 unspecified atom stereocenters. The van der Waals surface area contributed by atoms with Crippen molar-refractivity contribution >= 4 is 17.5 Å². The standard InChI is InChI=1S/C18H15ClN2O3/c1-11-2-7-16(23-11)18(22)21-9-8-15-14(10-21)17(24-20-15)12-3-5-13(19)6-4-12/h2-7H,8-10H2,1H3. The molecule has 0 radical (unpaired) electrons. The number of rotatable bonds is 2. The molecule has 6 heteroatoms. The number of nitrogens with zero attached hydrogens (tertiary/aromatic N) is 2. The highest BCUT2D eigenvalue weighted by molar-refractivity contribution is 6.30. The monoisotopic (exact) mass is 342 g/mol. The number of amides is 1. The van der Waals surface area contributed by atoms with Crippen LogP contribution in [0.15, 0.2) is 45.3 Å². The van der Waals surface area contributed by atoms with Gasteiger partial charge in [0.2, 0.25) is 0 Å². The molecule has 2 aromatic heterocycles. The molecule has 3 aromatic rings. The van der Waals surface area contributed by atoms with Gasteiger partial charge in [-0.2, -0.15) is 0 Å². The molecule has 1 aliphatic heterocycles. The number of carbonyl (C=O) groups excluding carboxylic acids is 1. The van der Waals surface area contributed by atoms with Gasteiger partial charge in [0.05, 0.1) is 12.2 Å². The molecular weight excluding hydrogens is 328 g/mol. The van der Waals surface area contributed by atoms with Gasteiger partial charge >= 0.3 is 0 Å². The van der Waals surface area contributed by atoms with Gasteiger partial charge in [-0.1, -0.05) is 16.8 Å². The summed E-state index contributed by atoms with van der Waals surface area (Å²) < 4.78 is 11.0. The molecule has 0 aliphatic carbocycles. The SMILES string of the molecule is Cc1ccc(C(=O)N2CCc3noc(-c4ccc(Cl)cc4)c3C2)o1. The largest absolute Gasteiger partial charge is 0.456 e. The fraction of sp³-hybridized carbons (Fsp3) is 0.222. The van der Waals surface area contributed by atoms with Crippen LogP contribution in [0.4, 0.5) is 0 Å². The van der Waals surface area contributed by atoms with Crippen LogP contribution in [0.3, 0.4) is 0 Å². The van der Waals surface area contributed by atoms with E-state index < -0.39 is 0 Å². The van der Waals surface area contributed by atoms with Gasteiger partial charge in [-0.15, -0.1) is 0 Å². The van der Waals surface area contributed by atoms with Crippen LogP contribution in [0.2, 0.25) is 5.02 Å². The van der Waals surface area contributed by atoms with E-state index in [1.165, 1.54) is 0 Å². The molecule has 122 valence electrons. The van der Waals surface area contributed by atoms with Crippen LogP contribution in [0, 0.1) is 6.92 Å². The fourth-order valence-electron chi connectivity index (χ4n) is 2.92. The van der Waals surface area contributed by atoms with Crippen molar-refractivity contribution in [2.24, 2.45) is 0 Å². The number of furan rings is 1. The second kappa shape index (κ2) is 5.83. The van der Waals surface area contributed by atoms with Crippen LogP contribution in [0.25, 0.3) is 11.3 Å². The molecule has 0 saturated carbocycles. The van der Waals surface area contributed by atoms with Crippen LogP contribution in [0.1, 0.15) is 27.6 Å². The minimum atomic E-state index is -0.114. The number of hydrogen-bond acceptors (Lipinski definition) is 4. The Kier molecular flexibility index (Phi) is 3.65. The summed E-state index contributed by atoms with van der Waals surface area (Å²) in [5.41, 5.74) is 2.75. The zero-order valence-corrected chi connectivity index (χ0v) is 13.8. The van der Waals surface area contributed by atoms with Crippen molar-refractivity contribution in [2.75, 3.05) is 6.54 Å². The normalized spacial score (nSPS) is 13.8. The maximum atomic E-state index is 12.6. The summed E-state index contributed by atoms with van der Waals surface area (Å²) >= 11 is 5.94. The van der Waals surface area contributed by atoms with E-state index in [0.29, 0.717) is 36.1 Å². The van der Waals surface area contributed by atoms with Crippen molar-refractivity contribution < 1.29 is 13.7 Å². The Morgan fingerprint density at radius 3 is 2.71 bits per heavy atom. The van der Waals surface area contributed by atoms with E-state index in [0.717, 1.165) is 22.6 Å². The van der Waals surface area contributed by atoms with Crippen LogP contribution in [0.5, 0.6) is 0 Å². The average molecular weight is 343 g/mol. The predicted octanol–water partition coefficient (Wildman–Crippen LogP) is 4.09. The molecule has 5 nitrogen and oxygen atoms in total. The first-order valence-electron chi connectivity index (χ1n) is 7.71. The Morgan fingerprint density at radius 1 is 1.21 bits per heavy atom. The smallest absolute Gasteiger partial charge is 0.289 e. The van der Waals surface area contributed by atoms with Crippen molar-refractivity contribution in [3.63, 3.8) is 0 Å². The van der Waals surface area contributed by atoms with Crippen LogP contribution < -0.4 is 0 Å². The maximum absolute atomic E-state index is 12.6. The van der Waals surface area contributed by atoms with E-state index >= 15 is 0 Å². The molecule has 3 heterocycles. The Balaban J connectivity index is 1.63. The summed E-state index contributed by atoms with van der Waals surface area (Å²) in [6.07, 6.45) is 0.665. The second-order valence-corrected chi connectivity index (χ2v) is 6.27. The van der Waals surface area contributed by atoms with E-state index in [1.54, 1.807) is 17.0 Å². The van der Waals surface area contributed by atoms with Gasteiger partial charge in [-0.25, -0.2) is 0 Å². The second-order valence-electron chi connectivity index (χ2n) is 5.83. The van der Waals surface area contributed by atoms with E-state index in [-0.39, 0.29) is 5.91 Å². The van der Waals surface area contributed by atoms with Crippen molar-refractivity contribution in [2.45, 2.75) is 19.9 Å². The summed E-state index contributed by atoms with van der Waals surface area (Å²) in [5, 5.41) is 4.82. The average Bonchev–Trinajstić information content (AvgIpc) is 3.21. The number of aromatic nitrogens is 1. The first kappa shape index (κ1) is 15.0. The minimum Gasteiger partial charge on any atom is -0.456 e. The number of halogens is 1. The zero-order chi connectivity index (χ0) is 16.7. The summed E-state index contributed by atoms with van der Waals surface area (Å²) in [5.74, 6) is 1.66. The molecule has 1 aliphatic rings. The van der Waals surface area contributed by atoms with Gasteiger partial charge in [0, 0.05) is 29.1 Å². The third-order valence-corrected chi connectivity index (χ3v) is 4.43. The van der Waals surface area contributed by atoms with Crippen LogP contribution in [-0.4, -0.2) is 22.5 Å². The Labute approximate surface area is 143 Å². The van der Waals surface area contributed by atoms with E-state index in [4.69, 9.17) is 20.5 Å². The van der Waals surface area contributed by atoms with Crippen molar-refractivity contribution in [3.05, 3.63) is 64.2 Å². The Hall–Kier alpha value is -2.53. The van der Waals surface area contributed by atoms with E-state index in [9.17, 15) is 4.79 Å². The van der Waals surface area contributed by atoms with E-state index in [1.807, 2.05) is 31.2 Å². The fourth-order valence-corrected chi connectivity index (χ4v) is 3.05. The first-order chi connectivity index (χ1) is 11.6. The molecule has 0 fully saturated rings. The van der Waals surface area contributed by atoms with Gasteiger partial charge in [-0.3, -0.25) is 4.79 Å². The molecule has 24 heavy (non-hydrogen) atoms. The van der Waals surface area contributed by atoms with Crippen molar-refractivity contribution in [3.8, 4) is 11.3 Å². The summed E-state index contributed by atoms with van der Waals surface area (Å²) in [6, 6.07) is 10.9. The van der Waals surface area contributed by atoms with Gasteiger partial charge < -0.3 is 13.8 Å². The summed E-state index contributed by atoms with van der Waals surface area (Å²) in [7, 11) is 0. The van der Waals surface area contributed by atoms with Gasteiger partial charge in [0.1, 0.15) is 5.76 Å². The highest BCUT2D eigenvalue weighted by atomic mass is 35.5. The van der Waals surface area contributed by atoms with Gasteiger partial charge in [0.25, 0.3) is 5.91 Å². The Bertz CT molecular complexity index is 895. The van der Waals surface area contributed by atoms with Gasteiger partial charge in [-0.05, 0) is 43.3 Å². The zero-order valence-electron chi connectivity index (χ0n) is 13.1. The number of benzene rings is 1. The Morgan fingerprint density at radius 2 is 2.00 bits per heavy atom. The molecule has 0 bridgehead atoms. The van der Waals surface area contributed by atoms with Crippen LogP contribution in [-0.2, 0) is 13.0 Å². The number of aryl methyl sites for hydroxylation is 1. The molecule has 0 saturated heterocycles. The van der Waals surface area contributed by atoms with Crippen LogP contribution >= 0.6 is 11.6 Å². The third-order valence-electron chi connectivity index (χ3n) is 4.18. The third kappa shape index (κ3) is 2.61. The topological polar surface area (TPSA) is 59.5 Å². The van der Waals surface area contributed by atoms with Crippen molar-refractivity contribution in [1.82, 2.24) is 10.1 Å². The summed E-state index contributed by atoms with van der Waals surface area (Å²) in [4.78, 5) is 14.4. The molecule has 1 amide bonds. The molecular formula is C18H15ClN2O3.